The average molecular weight is 316 g/mol. The predicted octanol–water partition coefficient (Wildman–Crippen LogP) is 3.29. The Morgan fingerprint density at radius 1 is 1.20 bits per heavy atom. The van der Waals surface area contributed by atoms with Gasteiger partial charge in [0.15, 0.2) is 0 Å². The molecule has 0 spiro atoms. The van der Waals surface area contributed by atoms with Crippen LogP contribution < -0.4 is 4.72 Å². The van der Waals surface area contributed by atoms with E-state index in [4.69, 9.17) is 11.6 Å². The third-order valence-electron chi connectivity index (χ3n) is 2.63. The Kier molecular flexibility index (Phi) is 3.87. The van der Waals surface area contributed by atoms with Crippen LogP contribution in [0, 0.1) is 12.7 Å². The maximum atomic E-state index is 13.1. The summed E-state index contributed by atoms with van der Waals surface area (Å²) >= 11 is 5.78. The maximum absolute atomic E-state index is 13.1. The molecule has 4 nitrogen and oxygen atoms in total. The topological polar surface area (TPSA) is 66.4 Å². The lowest BCUT2D eigenvalue weighted by atomic mass is 10.2. The summed E-state index contributed by atoms with van der Waals surface area (Å²) in [6, 6.07) is 7.31. The molecular weight excluding hydrogens is 305 g/mol. The van der Waals surface area contributed by atoms with Crippen molar-refractivity contribution in [3.63, 3.8) is 0 Å². The number of aromatic hydroxyl groups is 1. The molecule has 2 aromatic carbocycles. The maximum Gasteiger partial charge on any atom is 0.263 e. The highest BCUT2D eigenvalue weighted by molar-refractivity contribution is 7.92. The quantitative estimate of drug-likeness (QED) is 0.854. The van der Waals surface area contributed by atoms with Crippen LogP contribution in [0.15, 0.2) is 41.3 Å². The standard InChI is InChI=1S/C13H11ClFNO3S/c1-8-6-10(3-5-12(8)17)16-20(18,19)13-7-9(15)2-4-11(13)14/h2-7,16-17H,1H3. The number of phenols is 1. The molecule has 2 N–H and O–H groups in total. The Morgan fingerprint density at radius 3 is 2.55 bits per heavy atom. The smallest absolute Gasteiger partial charge is 0.263 e. The number of nitrogens with one attached hydrogen (secondary N) is 1. The number of benzene rings is 2. The molecule has 0 aliphatic rings. The van der Waals surface area contributed by atoms with E-state index in [9.17, 15) is 17.9 Å². The van der Waals surface area contributed by atoms with Gasteiger partial charge in [-0.25, -0.2) is 12.8 Å². The first-order valence-electron chi connectivity index (χ1n) is 5.57. The highest BCUT2D eigenvalue weighted by Crippen LogP contribution is 2.26. The number of anilines is 1. The molecule has 0 amide bonds. The number of rotatable bonds is 3. The molecule has 0 unspecified atom stereocenters. The first-order chi connectivity index (χ1) is 9.29. The van der Waals surface area contributed by atoms with Crippen LogP contribution in [0.2, 0.25) is 5.02 Å². The average Bonchev–Trinajstić information content (AvgIpc) is 2.36. The van der Waals surface area contributed by atoms with Crippen LogP contribution in [-0.4, -0.2) is 13.5 Å². The summed E-state index contributed by atoms with van der Waals surface area (Å²) in [5.74, 6) is -0.645. The zero-order chi connectivity index (χ0) is 14.9. The molecule has 0 fully saturated rings. The van der Waals surface area contributed by atoms with Crippen LogP contribution in [-0.2, 0) is 10.0 Å². The van der Waals surface area contributed by atoms with Crippen molar-refractivity contribution >= 4 is 27.3 Å². The molecule has 0 heterocycles. The Morgan fingerprint density at radius 2 is 1.90 bits per heavy atom. The van der Waals surface area contributed by atoms with Gasteiger partial charge in [0.1, 0.15) is 16.5 Å². The van der Waals surface area contributed by atoms with Gasteiger partial charge in [0.2, 0.25) is 0 Å². The fraction of sp³-hybridized carbons (Fsp3) is 0.0769. The molecule has 0 aliphatic carbocycles. The highest BCUT2D eigenvalue weighted by Gasteiger charge is 2.19. The summed E-state index contributed by atoms with van der Waals surface area (Å²) in [5.41, 5.74) is 0.760. The fourth-order valence-electron chi connectivity index (χ4n) is 1.61. The van der Waals surface area contributed by atoms with E-state index in [1.54, 1.807) is 6.92 Å². The minimum Gasteiger partial charge on any atom is -0.508 e. The van der Waals surface area contributed by atoms with Gasteiger partial charge in [-0.05, 0) is 48.9 Å². The monoisotopic (exact) mass is 315 g/mol. The van der Waals surface area contributed by atoms with E-state index in [0.717, 1.165) is 12.1 Å². The van der Waals surface area contributed by atoms with Gasteiger partial charge in [0.05, 0.1) is 5.02 Å². The molecule has 0 radical (unpaired) electrons. The molecular formula is C13H11ClFNO3S. The van der Waals surface area contributed by atoms with E-state index in [2.05, 4.69) is 4.72 Å². The van der Waals surface area contributed by atoms with Gasteiger partial charge in [0.25, 0.3) is 10.0 Å². The van der Waals surface area contributed by atoms with Crippen LogP contribution >= 0.6 is 11.6 Å². The minimum atomic E-state index is -4.00. The van der Waals surface area contributed by atoms with Crippen LogP contribution in [0.1, 0.15) is 5.56 Å². The van der Waals surface area contributed by atoms with Crippen molar-refractivity contribution in [1.29, 1.82) is 0 Å². The van der Waals surface area contributed by atoms with Gasteiger partial charge in [-0.2, -0.15) is 0 Å². The van der Waals surface area contributed by atoms with Gasteiger partial charge in [-0.3, -0.25) is 4.72 Å². The second-order valence-corrected chi connectivity index (χ2v) is 6.24. The number of halogens is 2. The Balaban J connectivity index is 2.40. The largest absolute Gasteiger partial charge is 0.508 e. The van der Waals surface area contributed by atoms with Gasteiger partial charge < -0.3 is 5.11 Å². The molecule has 106 valence electrons. The third kappa shape index (κ3) is 3.02. The van der Waals surface area contributed by atoms with Crippen molar-refractivity contribution in [2.75, 3.05) is 4.72 Å². The second kappa shape index (κ2) is 5.30. The second-order valence-electron chi connectivity index (χ2n) is 4.18. The van der Waals surface area contributed by atoms with Crippen molar-refractivity contribution in [1.82, 2.24) is 0 Å². The summed E-state index contributed by atoms with van der Waals surface area (Å²) in [6.07, 6.45) is 0. The summed E-state index contributed by atoms with van der Waals surface area (Å²) in [6.45, 7) is 1.63. The molecule has 0 saturated heterocycles. The molecule has 7 heteroatoms. The third-order valence-corrected chi connectivity index (χ3v) is 4.49. The lowest BCUT2D eigenvalue weighted by Crippen LogP contribution is -2.13. The summed E-state index contributed by atoms with van der Waals surface area (Å²) < 4.78 is 39.7. The first-order valence-corrected chi connectivity index (χ1v) is 7.43. The minimum absolute atomic E-state index is 0.0525. The lowest BCUT2D eigenvalue weighted by molar-refractivity contribution is 0.471. The molecule has 2 rings (SSSR count). The summed E-state index contributed by atoms with van der Waals surface area (Å²) in [5, 5.41) is 9.32. The van der Waals surface area contributed by atoms with Crippen molar-refractivity contribution in [2.24, 2.45) is 0 Å². The molecule has 0 aromatic heterocycles. The van der Waals surface area contributed by atoms with Gasteiger partial charge >= 0.3 is 0 Å². The number of phenolic OH excluding ortho intramolecular Hbond substituents is 1. The Labute approximate surface area is 120 Å². The highest BCUT2D eigenvalue weighted by atomic mass is 35.5. The summed E-state index contributed by atoms with van der Waals surface area (Å²) in [7, 11) is -4.00. The zero-order valence-electron chi connectivity index (χ0n) is 10.4. The number of hydrogen-bond acceptors (Lipinski definition) is 3. The van der Waals surface area contributed by atoms with Crippen LogP contribution in [0.3, 0.4) is 0 Å². The van der Waals surface area contributed by atoms with E-state index in [1.165, 1.54) is 24.3 Å². The van der Waals surface area contributed by atoms with Crippen LogP contribution in [0.4, 0.5) is 10.1 Å². The normalized spacial score (nSPS) is 11.3. The van der Waals surface area contributed by atoms with Crippen LogP contribution in [0.5, 0.6) is 5.75 Å². The molecule has 20 heavy (non-hydrogen) atoms. The number of hydrogen-bond donors (Lipinski definition) is 2. The lowest BCUT2D eigenvalue weighted by Gasteiger charge is -2.10. The first kappa shape index (κ1) is 14.6. The summed E-state index contributed by atoms with van der Waals surface area (Å²) in [4.78, 5) is -0.343. The predicted molar refractivity (Wildman–Crippen MR) is 75.1 cm³/mol. The van der Waals surface area contributed by atoms with Crippen molar-refractivity contribution in [3.05, 3.63) is 52.8 Å². The fourth-order valence-corrected chi connectivity index (χ4v) is 3.17. The van der Waals surface area contributed by atoms with E-state index in [0.29, 0.717) is 5.56 Å². The zero-order valence-corrected chi connectivity index (χ0v) is 12.0. The Bertz CT molecular complexity index is 762. The van der Waals surface area contributed by atoms with Gasteiger partial charge in [-0.15, -0.1) is 0 Å². The van der Waals surface area contributed by atoms with Crippen molar-refractivity contribution in [3.8, 4) is 5.75 Å². The molecule has 2 aromatic rings. The van der Waals surface area contributed by atoms with Gasteiger partial charge in [0, 0.05) is 5.69 Å². The van der Waals surface area contributed by atoms with E-state index >= 15 is 0 Å². The molecule has 0 aliphatic heterocycles. The van der Waals surface area contributed by atoms with E-state index in [-0.39, 0.29) is 21.4 Å². The molecule has 0 atom stereocenters. The van der Waals surface area contributed by atoms with E-state index < -0.39 is 15.8 Å². The van der Waals surface area contributed by atoms with Gasteiger partial charge in [-0.1, -0.05) is 11.6 Å². The number of aryl methyl sites for hydroxylation is 1. The Hall–Kier alpha value is -1.79. The van der Waals surface area contributed by atoms with Crippen LogP contribution in [0.25, 0.3) is 0 Å². The number of sulfonamides is 1. The SMILES string of the molecule is Cc1cc(NS(=O)(=O)c2cc(F)ccc2Cl)ccc1O. The molecule has 0 saturated carbocycles. The van der Waals surface area contributed by atoms with E-state index in [1.807, 2.05) is 0 Å². The van der Waals surface area contributed by atoms with Crippen molar-refractivity contribution in [2.45, 2.75) is 11.8 Å². The van der Waals surface area contributed by atoms with Crippen molar-refractivity contribution < 1.29 is 17.9 Å². The molecule has 0 bridgehead atoms.